The summed E-state index contributed by atoms with van der Waals surface area (Å²) in [6.45, 7) is 14.0. The topological polar surface area (TPSA) is 88.9 Å². The predicted molar refractivity (Wildman–Crippen MR) is 122 cm³/mol. The van der Waals surface area contributed by atoms with Gasteiger partial charge in [0.15, 0.2) is 0 Å². The van der Waals surface area contributed by atoms with E-state index in [1.807, 2.05) is 18.2 Å². The number of nitrogens with zero attached hydrogens (tertiary/aromatic N) is 1. The zero-order chi connectivity index (χ0) is 23.0. The minimum absolute atomic E-state index is 0.211. The molecule has 1 aliphatic heterocycles. The van der Waals surface area contributed by atoms with Crippen LogP contribution >= 0.6 is 0 Å². The number of aliphatic hydroxyl groups excluding tert-OH is 2. The van der Waals surface area contributed by atoms with Gasteiger partial charge in [-0.1, -0.05) is 45.6 Å². The Balaban J connectivity index is -0.000000132. The molecule has 2 heterocycles. The molecule has 1 aromatic rings. The van der Waals surface area contributed by atoms with Crippen LogP contribution in [-0.2, 0) is 14.3 Å². The lowest BCUT2D eigenvalue weighted by molar-refractivity contribution is -0.140. The number of aromatic nitrogens is 1. The maximum Gasteiger partial charge on any atom is 0.302 e. The summed E-state index contributed by atoms with van der Waals surface area (Å²) in [5.74, 6) is -0.211. The largest absolute Gasteiger partial charge is 0.466 e. The first-order chi connectivity index (χ1) is 14.0. The number of aliphatic hydroxyl groups is 2. The molecule has 0 unspecified atom stereocenters. The zero-order valence-corrected chi connectivity index (χ0v) is 19.7. The Morgan fingerprint density at radius 1 is 0.897 bits per heavy atom. The molecule has 2 N–H and O–H groups in total. The molecule has 0 radical (unpaired) electrons. The van der Waals surface area contributed by atoms with Crippen molar-refractivity contribution in [1.29, 1.82) is 0 Å². The van der Waals surface area contributed by atoms with E-state index in [9.17, 15) is 4.79 Å². The molecule has 6 nitrogen and oxygen atoms in total. The summed E-state index contributed by atoms with van der Waals surface area (Å²) < 4.78 is 9.35. The van der Waals surface area contributed by atoms with Gasteiger partial charge in [0.1, 0.15) is 0 Å². The number of ether oxygens (including phenoxy) is 2. The van der Waals surface area contributed by atoms with Crippen LogP contribution in [0.1, 0.15) is 80.1 Å². The van der Waals surface area contributed by atoms with Gasteiger partial charge in [-0.3, -0.25) is 9.78 Å². The van der Waals surface area contributed by atoms with Gasteiger partial charge >= 0.3 is 5.97 Å². The molecule has 2 rings (SSSR count). The molecule has 6 heteroatoms. The Bertz CT molecular complexity index is 306. The lowest BCUT2D eigenvalue weighted by Crippen LogP contribution is -1.95. The van der Waals surface area contributed by atoms with E-state index in [0.717, 1.165) is 13.2 Å². The molecule has 0 saturated carbocycles. The lowest BCUT2D eigenvalue weighted by Gasteiger charge is -1.89. The average Bonchev–Trinajstić information content (AvgIpc) is 3.30. The fraction of sp³-hybridized carbons (Fsp3) is 0.739. The van der Waals surface area contributed by atoms with Crippen LogP contribution in [-0.4, -0.2) is 54.2 Å². The molecular formula is C23H47NO5. The van der Waals surface area contributed by atoms with Crippen LogP contribution in [0.15, 0.2) is 30.6 Å². The summed E-state index contributed by atoms with van der Waals surface area (Å²) in [6, 6.07) is 5.72. The number of hydrogen-bond acceptors (Lipinski definition) is 6. The quantitative estimate of drug-likeness (QED) is 0.527. The van der Waals surface area contributed by atoms with E-state index in [0.29, 0.717) is 6.61 Å². The van der Waals surface area contributed by atoms with Crippen LogP contribution in [0.2, 0.25) is 0 Å². The molecule has 0 bridgehead atoms. The minimum atomic E-state index is -0.211. The Hall–Kier alpha value is -1.50. The van der Waals surface area contributed by atoms with E-state index in [1.54, 1.807) is 33.2 Å². The van der Waals surface area contributed by atoms with Gasteiger partial charge in [0.05, 0.1) is 6.61 Å². The lowest BCUT2D eigenvalue weighted by atomic mass is 10.2. The van der Waals surface area contributed by atoms with E-state index in [1.165, 1.54) is 45.4 Å². The number of rotatable bonds is 4. The van der Waals surface area contributed by atoms with Crippen molar-refractivity contribution in [2.24, 2.45) is 0 Å². The van der Waals surface area contributed by atoms with Crippen LogP contribution in [0.25, 0.3) is 0 Å². The molecule has 1 fully saturated rings. The van der Waals surface area contributed by atoms with Crippen LogP contribution < -0.4 is 0 Å². The second kappa shape index (κ2) is 41.0. The third-order valence-electron chi connectivity index (χ3n) is 2.70. The monoisotopic (exact) mass is 417 g/mol. The molecule has 174 valence electrons. The van der Waals surface area contributed by atoms with Crippen molar-refractivity contribution in [3.63, 3.8) is 0 Å². The van der Waals surface area contributed by atoms with Crippen molar-refractivity contribution < 1.29 is 24.5 Å². The normalized spacial score (nSPS) is 10.5. The summed E-state index contributed by atoms with van der Waals surface area (Å²) in [7, 11) is 0. The molecule has 0 aromatic carbocycles. The van der Waals surface area contributed by atoms with Gasteiger partial charge < -0.3 is 19.7 Å². The highest BCUT2D eigenvalue weighted by Gasteiger charge is 1.94. The van der Waals surface area contributed by atoms with E-state index in [-0.39, 0.29) is 19.2 Å². The molecule has 1 saturated heterocycles. The summed E-state index contributed by atoms with van der Waals surface area (Å²) in [4.78, 5) is 13.6. The Morgan fingerprint density at radius 2 is 1.31 bits per heavy atom. The Kier molecular flexibility index (Phi) is 49.4. The molecule has 0 spiro atoms. The standard InChI is InChI=1S/C6H14.C5H5N.C4H8O2.C4H8O.2C2H6O/c1-3-5-6-4-2;1-2-4-6-5-3-1;1-3-6-4(2)5;1-2-4-5-3-1;2*1-2-3/h3-6H2,1-2H3;1-5H;3H2,1-2H3;1-4H2;2*3H,2H2,1H3. The van der Waals surface area contributed by atoms with E-state index < -0.39 is 0 Å². The minimum Gasteiger partial charge on any atom is -0.466 e. The Morgan fingerprint density at radius 3 is 1.41 bits per heavy atom. The second-order valence-corrected chi connectivity index (χ2v) is 5.61. The highest BCUT2D eigenvalue weighted by atomic mass is 16.5. The fourth-order valence-electron chi connectivity index (χ4n) is 1.53. The van der Waals surface area contributed by atoms with Gasteiger partial charge in [0.25, 0.3) is 0 Å². The molecular weight excluding hydrogens is 370 g/mol. The maximum atomic E-state index is 9.82. The number of carbonyl (C=O) groups excluding carboxylic acids is 1. The van der Waals surface area contributed by atoms with E-state index in [2.05, 4.69) is 23.6 Å². The predicted octanol–water partition coefficient (Wildman–Crippen LogP) is 5.03. The number of pyridine rings is 1. The first-order valence-electron chi connectivity index (χ1n) is 10.8. The van der Waals surface area contributed by atoms with Crippen molar-refractivity contribution in [3.8, 4) is 0 Å². The number of hydrogen-bond donors (Lipinski definition) is 2. The maximum absolute atomic E-state index is 9.82. The second-order valence-electron chi connectivity index (χ2n) is 5.61. The number of carbonyl (C=O) groups is 1. The third kappa shape index (κ3) is 66.2. The summed E-state index contributed by atoms with van der Waals surface area (Å²) in [5, 5.41) is 15.1. The van der Waals surface area contributed by atoms with E-state index in [4.69, 9.17) is 14.9 Å². The Labute approximate surface area is 179 Å². The number of esters is 1. The van der Waals surface area contributed by atoms with Crippen LogP contribution in [0, 0.1) is 0 Å². The van der Waals surface area contributed by atoms with Crippen molar-refractivity contribution in [2.75, 3.05) is 33.0 Å². The number of unbranched alkanes of at least 4 members (excludes halogenated alkanes) is 3. The summed E-state index contributed by atoms with van der Waals surface area (Å²) in [6.07, 6.45) is 11.6. The molecule has 29 heavy (non-hydrogen) atoms. The van der Waals surface area contributed by atoms with Crippen molar-refractivity contribution >= 4 is 5.97 Å². The van der Waals surface area contributed by atoms with Gasteiger partial charge in [-0.25, -0.2) is 0 Å². The van der Waals surface area contributed by atoms with Gasteiger partial charge in [-0.15, -0.1) is 0 Å². The van der Waals surface area contributed by atoms with Gasteiger partial charge in [-0.05, 0) is 45.7 Å². The first kappa shape index (κ1) is 35.0. The third-order valence-corrected chi connectivity index (χ3v) is 2.70. The summed E-state index contributed by atoms with van der Waals surface area (Å²) >= 11 is 0. The van der Waals surface area contributed by atoms with Crippen LogP contribution in [0.5, 0.6) is 0 Å². The summed E-state index contributed by atoms with van der Waals surface area (Å²) in [5.41, 5.74) is 0. The highest BCUT2D eigenvalue weighted by molar-refractivity contribution is 5.65. The van der Waals surface area contributed by atoms with Crippen molar-refractivity contribution in [1.82, 2.24) is 4.98 Å². The molecule has 0 aliphatic carbocycles. The first-order valence-corrected chi connectivity index (χ1v) is 10.8. The molecule has 0 atom stereocenters. The van der Waals surface area contributed by atoms with Crippen LogP contribution in [0.3, 0.4) is 0 Å². The fourth-order valence-corrected chi connectivity index (χ4v) is 1.53. The smallest absolute Gasteiger partial charge is 0.302 e. The zero-order valence-electron chi connectivity index (χ0n) is 19.7. The van der Waals surface area contributed by atoms with Gasteiger partial charge in [-0.2, -0.15) is 0 Å². The van der Waals surface area contributed by atoms with Gasteiger partial charge in [0.2, 0.25) is 0 Å². The SMILES string of the molecule is C1CCOC1.CCCCCC.CCO.CCO.CCOC(C)=O.c1ccncc1. The highest BCUT2D eigenvalue weighted by Crippen LogP contribution is 1.98. The molecule has 1 aliphatic rings. The molecule has 1 aromatic heterocycles. The van der Waals surface area contributed by atoms with Crippen molar-refractivity contribution in [2.45, 2.75) is 80.1 Å². The molecule has 0 amide bonds. The van der Waals surface area contributed by atoms with Gasteiger partial charge in [0, 0.05) is 45.7 Å². The average molecular weight is 418 g/mol. The van der Waals surface area contributed by atoms with Crippen LogP contribution in [0.4, 0.5) is 0 Å². The van der Waals surface area contributed by atoms with Crippen molar-refractivity contribution in [3.05, 3.63) is 30.6 Å². The van der Waals surface area contributed by atoms with E-state index >= 15 is 0 Å².